The molecule has 1 aromatic heterocycles. The molecule has 1 amide bonds. The first-order valence-electron chi connectivity index (χ1n) is 6.98. The number of para-hydroxylation sites is 1. The summed E-state index contributed by atoms with van der Waals surface area (Å²) in [4.78, 5) is 14.9. The van der Waals surface area contributed by atoms with E-state index in [1.54, 1.807) is 23.3 Å². The van der Waals surface area contributed by atoms with Crippen molar-refractivity contribution >= 4 is 22.9 Å². The summed E-state index contributed by atoms with van der Waals surface area (Å²) in [6.45, 7) is 1.95. The van der Waals surface area contributed by atoms with Gasteiger partial charge in [-0.05, 0) is 37.6 Å². The molecule has 0 unspecified atom stereocenters. The topological polar surface area (TPSA) is 32.3 Å². The summed E-state index contributed by atoms with van der Waals surface area (Å²) in [6, 6.07) is 8.86. The van der Waals surface area contributed by atoms with Crippen LogP contribution >= 0.6 is 11.3 Å². The fourth-order valence-electron chi connectivity index (χ4n) is 2.14. The Kier molecular flexibility index (Phi) is 5.43. The molecule has 0 saturated heterocycles. The van der Waals surface area contributed by atoms with Crippen molar-refractivity contribution in [2.24, 2.45) is 0 Å². The van der Waals surface area contributed by atoms with Gasteiger partial charge in [0.05, 0.1) is 17.8 Å². The van der Waals surface area contributed by atoms with Crippen LogP contribution in [0.2, 0.25) is 0 Å². The van der Waals surface area contributed by atoms with Crippen molar-refractivity contribution in [2.75, 3.05) is 18.9 Å². The molecule has 124 valence electrons. The van der Waals surface area contributed by atoms with Crippen LogP contribution in [-0.4, -0.2) is 24.4 Å². The number of hydrogen-bond donors (Lipinski definition) is 1. The normalized spacial score (nSPS) is 13.1. The van der Waals surface area contributed by atoms with E-state index >= 15 is 0 Å². The highest BCUT2D eigenvalue weighted by Gasteiger charge is 2.33. The number of carbonyl (C=O) groups excluding carboxylic acids is 1. The van der Waals surface area contributed by atoms with Crippen molar-refractivity contribution < 1.29 is 18.0 Å². The van der Waals surface area contributed by atoms with E-state index in [0.717, 1.165) is 10.9 Å². The zero-order valence-electron chi connectivity index (χ0n) is 12.7. The number of halogens is 3. The maximum absolute atomic E-state index is 12.9. The van der Waals surface area contributed by atoms with Crippen LogP contribution in [0.5, 0.6) is 0 Å². The third-order valence-electron chi connectivity index (χ3n) is 3.52. The van der Waals surface area contributed by atoms with Gasteiger partial charge in [0.15, 0.2) is 0 Å². The van der Waals surface area contributed by atoms with E-state index in [2.05, 4.69) is 5.32 Å². The number of carbonyl (C=O) groups is 1. The van der Waals surface area contributed by atoms with Crippen LogP contribution in [0.15, 0.2) is 41.8 Å². The minimum atomic E-state index is -4.50. The Morgan fingerprint density at radius 3 is 2.57 bits per heavy atom. The molecule has 3 nitrogen and oxygen atoms in total. The molecule has 1 aromatic carbocycles. The summed E-state index contributed by atoms with van der Waals surface area (Å²) in [5.74, 6) is -0.479. The predicted octanol–water partition coefficient (Wildman–Crippen LogP) is 4.40. The molecule has 0 aliphatic carbocycles. The SMILES string of the molecule is C[C@@H](c1cccs1)N(C)CC(=O)Nc1ccccc1C(F)(F)F. The fraction of sp³-hybridized carbons (Fsp3) is 0.312. The number of hydrogen-bond acceptors (Lipinski definition) is 3. The molecule has 0 aliphatic rings. The molecule has 0 spiro atoms. The zero-order chi connectivity index (χ0) is 17.0. The Balaban J connectivity index is 2.03. The van der Waals surface area contributed by atoms with Gasteiger partial charge < -0.3 is 5.32 Å². The molecule has 0 aliphatic heterocycles. The Bertz CT molecular complexity index is 656. The van der Waals surface area contributed by atoms with Crippen LogP contribution in [0.1, 0.15) is 23.4 Å². The number of anilines is 1. The second-order valence-corrected chi connectivity index (χ2v) is 6.18. The van der Waals surface area contributed by atoms with Crippen LogP contribution in [0, 0.1) is 0 Å². The molecule has 0 radical (unpaired) electrons. The van der Waals surface area contributed by atoms with Gasteiger partial charge in [-0.15, -0.1) is 11.3 Å². The van der Waals surface area contributed by atoms with Crippen molar-refractivity contribution in [1.82, 2.24) is 4.90 Å². The van der Waals surface area contributed by atoms with Crippen LogP contribution in [-0.2, 0) is 11.0 Å². The summed E-state index contributed by atoms with van der Waals surface area (Å²) in [6.07, 6.45) is -4.50. The maximum Gasteiger partial charge on any atom is 0.418 e. The molecule has 0 bridgehead atoms. The minimum Gasteiger partial charge on any atom is -0.324 e. The Hall–Kier alpha value is -1.86. The second kappa shape index (κ2) is 7.14. The van der Waals surface area contributed by atoms with Gasteiger partial charge in [-0.2, -0.15) is 13.2 Å². The molecular weight excluding hydrogens is 325 g/mol. The van der Waals surface area contributed by atoms with E-state index in [1.165, 1.54) is 18.2 Å². The second-order valence-electron chi connectivity index (χ2n) is 5.20. The van der Waals surface area contributed by atoms with Crippen LogP contribution < -0.4 is 5.32 Å². The summed E-state index contributed by atoms with van der Waals surface area (Å²) < 4.78 is 38.7. The number of nitrogens with zero attached hydrogens (tertiary/aromatic N) is 1. The lowest BCUT2D eigenvalue weighted by molar-refractivity contribution is -0.137. The molecule has 2 rings (SSSR count). The molecule has 2 aromatic rings. The Morgan fingerprint density at radius 1 is 1.26 bits per heavy atom. The molecule has 23 heavy (non-hydrogen) atoms. The summed E-state index contributed by atoms with van der Waals surface area (Å²) in [5.41, 5.74) is -1.07. The smallest absolute Gasteiger partial charge is 0.324 e. The highest BCUT2D eigenvalue weighted by molar-refractivity contribution is 7.10. The lowest BCUT2D eigenvalue weighted by Gasteiger charge is -2.23. The molecule has 7 heteroatoms. The molecule has 0 fully saturated rings. The van der Waals surface area contributed by atoms with Crippen molar-refractivity contribution in [3.8, 4) is 0 Å². The van der Waals surface area contributed by atoms with Crippen LogP contribution in [0.25, 0.3) is 0 Å². The lowest BCUT2D eigenvalue weighted by atomic mass is 10.1. The molecule has 1 atom stereocenters. The average molecular weight is 342 g/mol. The average Bonchev–Trinajstić information content (AvgIpc) is 2.99. The Labute approximate surface area is 136 Å². The van der Waals surface area contributed by atoms with Gasteiger partial charge in [0.1, 0.15) is 0 Å². The van der Waals surface area contributed by atoms with E-state index in [0.29, 0.717) is 0 Å². The van der Waals surface area contributed by atoms with Gasteiger partial charge in [0.25, 0.3) is 0 Å². The standard InChI is InChI=1S/C16H17F3N2OS/c1-11(14-8-5-9-23-14)21(2)10-15(22)20-13-7-4-3-6-12(13)16(17,18)19/h3-9,11H,10H2,1-2H3,(H,20,22)/t11-/m0/s1. The number of alkyl halides is 3. The number of amides is 1. The van der Waals surface area contributed by atoms with Gasteiger partial charge in [-0.25, -0.2) is 0 Å². The summed E-state index contributed by atoms with van der Waals surface area (Å²) >= 11 is 1.57. The summed E-state index contributed by atoms with van der Waals surface area (Å²) in [7, 11) is 1.76. The minimum absolute atomic E-state index is 0.00522. The molecule has 1 heterocycles. The summed E-state index contributed by atoms with van der Waals surface area (Å²) in [5, 5.41) is 4.29. The number of benzene rings is 1. The fourth-order valence-corrected chi connectivity index (χ4v) is 2.99. The number of likely N-dealkylation sites (N-methyl/N-ethyl adjacent to an activating group) is 1. The number of rotatable bonds is 5. The van der Waals surface area contributed by atoms with E-state index < -0.39 is 17.6 Å². The third-order valence-corrected chi connectivity index (χ3v) is 4.56. The lowest BCUT2D eigenvalue weighted by Crippen LogP contribution is -2.32. The van der Waals surface area contributed by atoms with Crippen molar-refractivity contribution in [3.63, 3.8) is 0 Å². The Morgan fingerprint density at radius 2 is 1.96 bits per heavy atom. The van der Waals surface area contributed by atoms with Gasteiger partial charge in [0, 0.05) is 10.9 Å². The monoisotopic (exact) mass is 342 g/mol. The molecular formula is C16H17F3N2OS. The number of nitrogens with one attached hydrogen (secondary N) is 1. The highest BCUT2D eigenvalue weighted by atomic mass is 32.1. The zero-order valence-corrected chi connectivity index (χ0v) is 13.5. The van der Waals surface area contributed by atoms with Gasteiger partial charge in [-0.1, -0.05) is 18.2 Å². The molecule has 1 N–H and O–H groups in total. The van der Waals surface area contributed by atoms with Gasteiger partial charge >= 0.3 is 6.18 Å². The van der Waals surface area contributed by atoms with E-state index in [9.17, 15) is 18.0 Å². The first-order valence-corrected chi connectivity index (χ1v) is 7.86. The van der Waals surface area contributed by atoms with Gasteiger partial charge in [-0.3, -0.25) is 9.69 Å². The first kappa shape index (κ1) is 17.5. The van der Waals surface area contributed by atoms with E-state index in [-0.39, 0.29) is 18.3 Å². The van der Waals surface area contributed by atoms with Crippen molar-refractivity contribution in [3.05, 3.63) is 52.2 Å². The maximum atomic E-state index is 12.9. The predicted molar refractivity (Wildman–Crippen MR) is 85.4 cm³/mol. The van der Waals surface area contributed by atoms with Crippen LogP contribution in [0.4, 0.5) is 18.9 Å². The van der Waals surface area contributed by atoms with Crippen LogP contribution in [0.3, 0.4) is 0 Å². The highest BCUT2D eigenvalue weighted by Crippen LogP contribution is 2.34. The van der Waals surface area contributed by atoms with Gasteiger partial charge in [0.2, 0.25) is 5.91 Å². The molecule has 0 saturated carbocycles. The van der Waals surface area contributed by atoms with E-state index in [4.69, 9.17) is 0 Å². The largest absolute Gasteiger partial charge is 0.418 e. The first-order chi connectivity index (χ1) is 10.8. The van der Waals surface area contributed by atoms with Crippen molar-refractivity contribution in [1.29, 1.82) is 0 Å². The third kappa shape index (κ3) is 4.56. The number of thiophene rings is 1. The quantitative estimate of drug-likeness (QED) is 0.873. The van der Waals surface area contributed by atoms with E-state index in [1.807, 2.05) is 24.4 Å². The van der Waals surface area contributed by atoms with Crippen molar-refractivity contribution in [2.45, 2.75) is 19.1 Å².